The third-order valence-electron chi connectivity index (χ3n) is 3.02. The van der Waals surface area contributed by atoms with Crippen LogP contribution in [0.2, 0.25) is 10.0 Å². The maximum absolute atomic E-state index is 10.7. The molecule has 0 bridgehead atoms. The van der Waals surface area contributed by atoms with Crippen LogP contribution in [0.3, 0.4) is 0 Å². The smallest absolute Gasteiger partial charge is 0.272 e. The van der Waals surface area contributed by atoms with E-state index in [-0.39, 0.29) is 5.69 Å². The Hall–Kier alpha value is -0.650. The van der Waals surface area contributed by atoms with Crippen LogP contribution in [0, 0.1) is 10.1 Å². The minimum atomic E-state index is -0.501. The average Bonchev–Trinajstić information content (AvgIpc) is 2.38. The molecule has 1 aliphatic rings. The van der Waals surface area contributed by atoms with Crippen molar-refractivity contribution in [3.8, 4) is 0 Å². The molecule has 0 spiro atoms. The van der Waals surface area contributed by atoms with E-state index < -0.39 is 4.92 Å². The first-order chi connectivity index (χ1) is 9.08. The fourth-order valence-corrected chi connectivity index (χ4v) is 3.87. The number of anilines is 1. The summed E-state index contributed by atoms with van der Waals surface area (Å²) in [5.74, 6) is 1.19. The summed E-state index contributed by atoms with van der Waals surface area (Å²) < 4.78 is 0. The zero-order valence-corrected chi connectivity index (χ0v) is 12.5. The first-order valence-corrected chi connectivity index (χ1v) is 7.87. The molecule has 0 radical (unpaired) electrons. The fraction of sp³-hybridized carbons (Fsp3) is 0.500. The number of nitro benzene ring substituents is 1. The molecule has 1 aromatic rings. The first-order valence-electron chi connectivity index (χ1n) is 6.07. The van der Waals surface area contributed by atoms with E-state index in [9.17, 15) is 10.1 Å². The Kier molecular flexibility index (Phi) is 5.19. The third-order valence-corrected chi connectivity index (χ3v) is 5.01. The predicted molar refractivity (Wildman–Crippen MR) is 81.7 cm³/mol. The van der Waals surface area contributed by atoms with Crippen molar-refractivity contribution in [2.24, 2.45) is 0 Å². The molecule has 0 saturated carbocycles. The summed E-state index contributed by atoms with van der Waals surface area (Å²) in [6, 6.07) is 2.65. The number of halogens is 2. The SMILES string of the molecule is O=[N+]([O-])c1cc(Cl)c(NCC2CCCCS2)c(Cl)c1. The van der Waals surface area contributed by atoms with Crippen molar-refractivity contribution >= 4 is 46.3 Å². The molecule has 0 aliphatic carbocycles. The normalized spacial score (nSPS) is 19.2. The Bertz CT molecular complexity index is 456. The lowest BCUT2D eigenvalue weighted by Gasteiger charge is -2.22. The van der Waals surface area contributed by atoms with Crippen molar-refractivity contribution in [3.63, 3.8) is 0 Å². The Morgan fingerprint density at radius 1 is 1.37 bits per heavy atom. The van der Waals surface area contributed by atoms with E-state index in [0.717, 1.165) is 6.54 Å². The van der Waals surface area contributed by atoms with Crippen molar-refractivity contribution in [1.82, 2.24) is 0 Å². The van der Waals surface area contributed by atoms with Crippen LogP contribution in [0.5, 0.6) is 0 Å². The summed E-state index contributed by atoms with van der Waals surface area (Å²) in [5, 5.41) is 15.0. The molecule has 1 N–H and O–H groups in total. The van der Waals surface area contributed by atoms with Crippen LogP contribution >= 0.6 is 35.0 Å². The monoisotopic (exact) mass is 320 g/mol. The summed E-state index contributed by atoms with van der Waals surface area (Å²) >= 11 is 14.0. The van der Waals surface area contributed by atoms with Gasteiger partial charge in [-0.25, -0.2) is 0 Å². The van der Waals surface area contributed by atoms with Crippen LogP contribution in [0.4, 0.5) is 11.4 Å². The number of hydrogen-bond acceptors (Lipinski definition) is 4. The quantitative estimate of drug-likeness (QED) is 0.650. The number of thioether (sulfide) groups is 1. The van der Waals surface area contributed by atoms with E-state index in [0.29, 0.717) is 21.0 Å². The molecule has 1 heterocycles. The Morgan fingerprint density at radius 2 is 2.05 bits per heavy atom. The molecule has 2 rings (SSSR count). The first kappa shape index (κ1) is 14.8. The van der Waals surface area contributed by atoms with E-state index in [1.54, 1.807) is 0 Å². The highest BCUT2D eigenvalue weighted by molar-refractivity contribution is 7.99. The number of hydrogen-bond donors (Lipinski definition) is 1. The van der Waals surface area contributed by atoms with Crippen LogP contribution in [0.15, 0.2) is 12.1 Å². The number of benzene rings is 1. The Labute approximate surface area is 126 Å². The highest BCUT2D eigenvalue weighted by Crippen LogP contribution is 2.35. The third kappa shape index (κ3) is 3.91. The largest absolute Gasteiger partial charge is 0.382 e. The van der Waals surface area contributed by atoms with Crippen molar-refractivity contribution in [2.75, 3.05) is 17.6 Å². The summed E-state index contributed by atoms with van der Waals surface area (Å²) in [6.07, 6.45) is 3.71. The van der Waals surface area contributed by atoms with Gasteiger partial charge in [-0.2, -0.15) is 11.8 Å². The van der Waals surface area contributed by atoms with Gasteiger partial charge in [-0.15, -0.1) is 0 Å². The van der Waals surface area contributed by atoms with E-state index >= 15 is 0 Å². The lowest BCUT2D eigenvalue weighted by atomic mass is 10.2. The maximum atomic E-state index is 10.7. The highest BCUT2D eigenvalue weighted by Gasteiger charge is 2.17. The Balaban J connectivity index is 2.05. The predicted octanol–water partition coefficient (Wildman–Crippen LogP) is 4.60. The fourth-order valence-electron chi connectivity index (χ4n) is 2.02. The van der Waals surface area contributed by atoms with Crippen molar-refractivity contribution in [2.45, 2.75) is 24.5 Å². The number of nitrogens with one attached hydrogen (secondary N) is 1. The number of nitro groups is 1. The van der Waals surface area contributed by atoms with Gasteiger partial charge < -0.3 is 5.32 Å². The zero-order valence-electron chi connectivity index (χ0n) is 10.2. The molecule has 1 aliphatic heterocycles. The summed E-state index contributed by atoms with van der Waals surface area (Å²) in [7, 11) is 0. The molecule has 1 aromatic carbocycles. The zero-order chi connectivity index (χ0) is 13.8. The molecule has 104 valence electrons. The van der Waals surface area contributed by atoms with Crippen LogP contribution in [-0.4, -0.2) is 22.5 Å². The van der Waals surface area contributed by atoms with E-state index in [4.69, 9.17) is 23.2 Å². The second-order valence-corrected chi connectivity index (χ2v) is 6.63. The molecule has 1 fully saturated rings. The molecular weight excluding hydrogens is 307 g/mol. The second kappa shape index (κ2) is 6.68. The van der Waals surface area contributed by atoms with Crippen LogP contribution < -0.4 is 5.32 Å². The van der Waals surface area contributed by atoms with Gasteiger partial charge in [0, 0.05) is 23.9 Å². The van der Waals surface area contributed by atoms with E-state index in [1.807, 2.05) is 11.8 Å². The molecule has 4 nitrogen and oxygen atoms in total. The maximum Gasteiger partial charge on any atom is 0.272 e. The van der Waals surface area contributed by atoms with Gasteiger partial charge in [-0.05, 0) is 18.6 Å². The topological polar surface area (TPSA) is 55.2 Å². The highest BCUT2D eigenvalue weighted by atomic mass is 35.5. The van der Waals surface area contributed by atoms with Gasteiger partial charge in [0.1, 0.15) is 0 Å². The molecule has 0 amide bonds. The standard InChI is InChI=1S/C12H14Cl2N2O2S/c13-10-5-8(16(17)18)6-11(14)12(10)15-7-9-3-1-2-4-19-9/h5-6,9,15H,1-4,7H2. The van der Waals surface area contributed by atoms with Gasteiger partial charge in [-0.1, -0.05) is 29.6 Å². The number of non-ortho nitro benzene ring substituents is 1. The minimum absolute atomic E-state index is 0.0902. The summed E-state index contributed by atoms with van der Waals surface area (Å²) in [6.45, 7) is 0.780. The summed E-state index contributed by atoms with van der Waals surface area (Å²) in [5.41, 5.74) is 0.493. The van der Waals surface area contributed by atoms with Crippen LogP contribution in [-0.2, 0) is 0 Å². The van der Waals surface area contributed by atoms with Gasteiger partial charge >= 0.3 is 0 Å². The summed E-state index contributed by atoms with van der Waals surface area (Å²) in [4.78, 5) is 10.2. The number of nitrogens with zero attached hydrogens (tertiary/aromatic N) is 1. The lowest BCUT2D eigenvalue weighted by molar-refractivity contribution is -0.384. The second-order valence-electron chi connectivity index (χ2n) is 4.41. The molecule has 1 saturated heterocycles. The van der Waals surface area contributed by atoms with Crippen molar-refractivity contribution in [3.05, 3.63) is 32.3 Å². The lowest BCUT2D eigenvalue weighted by Crippen LogP contribution is -2.20. The van der Waals surface area contributed by atoms with Gasteiger partial charge in [0.25, 0.3) is 5.69 Å². The minimum Gasteiger partial charge on any atom is -0.382 e. The van der Waals surface area contributed by atoms with Crippen molar-refractivity contribution in [1.29, 1.82) is 0 Å². The number of rotatable bonds is 4. The molecule has 7 heteroatoms. The van der Waals surface area contributed by atoms with Gasteiger partial charge in [0.05, 0.1) is 20.7 Å². The van der Waals surface area contributed by atoms with Crippen molar-refractivity contribution < 1.29 is 4.92 Å². The molecule has 19 heavy (non-hydrogen) atoms. The van der Waals surface area contributed by atoms with Gasteiger partial charge in [-0.3, -0.25) is 10.1 Å². The molecular formula is C12H14Cl2N2O2S. The Morgan fingerprint density at radius 3 is 2.58 bits per heavy atom. The van der Waals surface area contributed by atoms with Crippen LogP contribution in [0.25, 0.3) is 0 Å². The molecule has 1 atom stereocenters. The average molecular weight is 321 g/mol. The van der Waals surface area contributed by atoms with E-state index in [2.05, 4.69) is 5.32 Å². The van der Waals surface area contributed by atoms with Crippen LogP contribution in [0.1, 0.15) is 19.3 Å². The molecule has 0 aromatic heterocycles. The van der Waals surface area contributed by atoms with E-state index in [1.165, 1.54) is 37.1 Å². The van der Waals surface area contributed by atoms with Gasteiger partial charge in [0.15, 0.2) is 0 Å². The molecule has 1 unspecified atom stereocenters. The van der Waals surface area contributed by atoms with Gasteiger partial charge in [0.2, 0.25) is 0 Å².